The fraction of sp³-hybridized carbons (Fsp3) is 0.286. The Morgan fingerprint density at radius 3 is 2.33 bits per heavy atom. The molecular formula is C21H22N2O4. The van der Waals surface area contributed by atoms with Gasteiger partial charge in [0.1, 0.15) is 6.04 Å². The summed E-state index contributed by atoms with van der Waals surface area (Å²) >= 11 is 0. The molecule has 1 saturated carbocycles. The molecule has 0 heterocycles. The van der Waals surface area contributed by atoms with E-state index in [4.69, 9.17) is 0 Å². The first kappa shape index (κ1) is 18.6. The Morgan fingerprint density at radius 2 is 1.74 bits per heavy atom. The minimum absolute atomic E-state index is 0.0349. The van der Waals surface area contributed by atoms with E-state index in [0.717, 1.165) is 18.4 Å². The Morgan fingerprint density at radius 1 is 1.07 bits per heavy atom. The van der Waals surface area contributed by atoms with Crippen LogP contribution in [0.25, 0.3) is 0 Å². The molecule has 0 aromatic heterocycles. The van der Waals surface area contributed by atoms with Crippen molar-refractivity contribution in [2.45, 2.75) is 38.8 Å². The van der Waals surface area contributed by atoms with Crippen LogP contribution in [0.3, 0.4) is 0 Å². The third-order valence-corrected chi connectivity index (χ3v) is 4.72. The Hall–Kier alpha value is -3.15. The van der Waals surface area contributed by atoms with Crippen molar-refractivity contribution in [3.63, 3.8) is 0 Å². The van der Waals surface area contributed by atoms with Crippen LogP contribution in [0.5, 0.6) is 0 Å². The van der Waals surface area contributed by atoms with E-state index in [-0.39, 0.29) is 17.9 Å². The normalized spacial score (nSPS) is 14.3. The van der Waals surface area contributed by atoms with Gasteiger partial charge in [-0.1, -0.05) is 24.3 Å². The monoisotopic (exact) mass is 366 g/mol. The van der Waals surface area contributed by atoms with Crippen LogP contribution < -0.4 is 5.32 Å². The predicted molar refractivity (Wildman–Crippen MR) is 102 cm³/mol. The summed E-state index contributed by atoms with van der Waals surface area (Å²) in [4.78, 5) is 38.2. The predicted octanol–water partition coefficient (Wildman–Crippen LogP) is 3.33. The molecule has 0 radical (unpaired) electrons. The van der Waals surface area contributed by atoms with Crippen molar-refractivity contribution >= 4 is 23.5 Å². The second-order valence-electron chi connectivity index (χ2n) is 6.81. The van der Waals surface area contributed by atoms with Crippen molar-refractivity contribution in [2.24, 2.45) is 0 Å². The molecule has 1 unspecified atom stereocenters. The molecule has 1 aliphatic carbocycles. The number of carbonyl (C=O) groups excluding carboxylic acids is 2. The molecule has 0 saturated heterocycles. The second-order valence-corrected chi connectivity index (χ2v) is 6.81. The quantitative estimate of drug-likeness (QED) is 0.821. The molecule has 2 aromatic carbocycles. The van der Waals surface area contributed by atoms with E-state index in [1.54, 1.807) is 42.5 Å². The number of benzene rings is 2. The highest BCUT2D eigenvalue weighted by atomic mass is 16.4. The molecular weight excluding hydrogens is 344 g/mol. The van der Waals surface area contributed by atoms with Crippen molar-refractivity contribution in [2.75, 3.05) is 5.32 Å². The van der Waals surface area contributed by atoms with E-state index in [1.807, 2.05) is 13.0 Å². The molecule has 0 aliphatic heterocycles. The average molecular weight is 366 g/mol. The van der Waals surface area contributed by atoms with E-state index >= 15 is 0 Å². The lowest BCUT2D eigenvalue weighted by molar-refractivity contribution is -0.141. The number of carboxylic acids is 1. The number of hydrogen-bond acceptors (Lipinski definition) is 3. The van der Waals surface area contributed by atoms with Crippen molar-refractivity contribution in [1.82, 2.24) is 4.90 Å². The molecule has 1 atom stereocenters. The zero-order valence-corrected chi connectivity index (χ0v) is 15.3. The zero-order chi connectivity index (χ0) is 19.6. The molecule has 27 heavy (non-hydrogen) atoms. The topological polar surface area (TPSA) is 86.7 Å². The summed E-state index contributed by atoms with van der Waals surface area (Å²) in [7, 11) is 0. The highest BCUT2D eigenvalue weighted by Crippen LogP contribution is 2.31. The Labute approximate surface area is 157 Å². The first-order valence-electron chi connectivity index (χ1n) is 8.91. The van der Waals surface area contributed by atoms with Gasteiger partial charge < -0.3 is 15.3 Å². The van der Waals surface area contributed by atoms with Crippen LogP contribution in [0.2, 0.25) is 0 Å². The number of rotatable bonds is 6. The van der Waals surface area contributed by atoms with Gasteiger partial charge in [-0.3, -0.25) is 9.59 Å². The molecule has 6 nitrogen and oxygen atoms in total. The highest BCUT2D eigenvalue weighted by Gasteiger charge is 2.38. The molecule has 0 spiro atoms. The second kappa shape index (κ2) is 7.61. The first-order valence-corrected chi connectivity index (χ1v) is 8.91. The number of aliphatic carboxylic acids is 1. The molecule has 2 N–H and O–H groups in total. The van der Waals surface area contributed by atoms with Gasteiger partial charge in [-0.05, 0) is 56.5 Å². The Bertz CT molecular complexity index is 875. The van der Waals surface area contributed by atoms with Gasteiger partial charge in [0.2, 0.25) is 0 Å². The molecule has 3 rings (SSSR count). The minimum atomic E-state index is -1.03. The van der Waals surface area contributed by atoms with Gasteiger partial charge in [-0.15, -0.1) is 0 Å². The van der Waals surface area contributed by atoms with E-state index in [1.165, 1.54) is 11.8 Å². The number of anilines is 1. The summed E-state index contributed by atoms with van der Waals surface area (Å²) in [5, 5.41) is 12.1. The van der Waals surface area contributed by atoms with Crippen LogP contribution in [0.15, 0.2) is 48.5 Å². The lowest BCUT2D eigenvalue weighted by Gasteiger charge is -2.26. The largest absolute Gasteiger partial charge is 0.480 e. The Kier molecular flexibility index (Phi) is 5.26. The number of amides is 2. The third-order valence-electron chi connectivity index (χ3n) is 4.72. The van der Waals surface area contributed by atoms with E-state index in [9.17, 15) is 19.5 Å². The summed E-state index contributed by atoms with van der Waals surface area (Å²) < 4.78 is 0. The van der Waals surface area contributed by atoms with Crippen LogP contribution in [0.4, 0.5) is 5.69 Å². The highest BCUT2D eigenvalue weighted by molar-refractivity contribution is 6.05. The Balaban J connectivity index is 1.85. The average Bonchev–Trinajstić information content (AvgIpc) is 3.49. The van der Waals surface area contributed by atoms with Gasteiger partial charge >= 0.3 is 5.97 Å². The SMILES string of the molecule is Cc1ccc(C(=O)N(C2CC2)C(C)C(=O)O)cc1NC(=O)c1ccccc1. The number of aryl methyl sites for hydroxylation is 1. The number of nitrogens with zero attached hydrogens (tertiary/aromatic N) is 1. The summed E-state index contributed by atoms with van der Waals surface area (Å²) in [6.45, 7) is 3.36. The van der Waals surface area contributed by atoms with Gasteiger partial charge in [0, 0.05) is 22.9 Å². The van der Waals surface area contributed by atoms with Crippen LogP contribution in [0.1, 0.15) is 46.0 Å². The maximum Gasteiger partial charge on any atom is 0.326 e. The zero-order valence-electron chi connectivity index (χ0n) is 15.3. The number of carbonyl (C=O) groups is 3. The number of nitrogens with one attached hydrogen (secondary N) is 1. The fourth-order valence-electron chi connectivity index (χ4n) is 2.95. The molecule has 2 aromatic rings. The summed E-state index contributed by atoms with van der Waals surface area (Å²) in [5.41, 5.74) is 2.24. The fourth-order valence-corrected chi connectivity index (χ4v) is 2.95. The molecule has 1 fully saturated rings. The summed E-state index contributed by atoms with van der Waals surface area (Å²) in [6.07, 6.45) is 1.62. The van der Waals surface area contributed by atoms with E-state index < -0.39 is 12.0 Å². The number of hydrogen-bond donors (Lipinski definition) is 2. The molecule has 140 valence electrons. The maximum atomic E-state index is 12.9. The lowest BCUT2D eigenvalue weighted by atomic mass is 10.1. The van der Waals surface area contributed by atoms with Crippen molar-refractivity contribution in [1.29, 1.82) is 0 Å². The smallest absolute Gasteiger partial charge is 0.326 e. The van der Waals surface area contributed by atoms with Gasteiger partial charge in [0.05, 0.1) is 0 Å². The third kappa shape index (κ3) is 4.16. The molecule has 2 amide bonds. The van der Waals surface area contributed by atoms with Crippen LogP contribution in [-0.2, 0) is 4.79 Å². The van der Waals surface area contributed by atoms with E-state index in [2.05, 4.69) is 5.32 Å². The van der Waals surface area contributed by atoms with Crippen molar-refractivity contribution < 1.29 is 19.5 Å². The van der Waals surface area contributed by atoms with E-state index in [0.29, 0.717) is 16.8 Å². The summed E-state index contributed by atoms with van der Waals surface area (Å²) in [5.74, 6) is -1.62. The van der Waals surface area contributed by atoms with Crippen molar-refractivity contribution in [3.05, 3.63) is 65.2 Å². The first-order chi connectivity index (χ1) is 12.9. The molecule has 1 aliphatic rings. The molecule has 0 bridgehead atoms. The van der Waals surface area contributed by atoms with Crippen molar-refractivity contribution in [3.8, 4) is 0 Å². The van der Waals surface area contributed by atoms with Crippen LogP contribution >= 0.6 is 0 Å². The van der Waals surface area contributed by atoms with Crippen LogP contribution in [-0.4, -0.2) is 39.9 Å². The lowest BCUT2D eigenvalue weighted by Crippen LogP contribution is -2.44. The summed E-state index contributed by atoms with van der Waals surface area (Å²) in [6, 6.07) is 12.9. The maximum absolute atomic E-state index is 12.9. The minimum Gasteiger partial charge on any atom is -0.480 e. The number of carboxylic acid groups (broad SMARTS) is 1. The van der Waals surface area contributed by atoms with Gasteiger partial charge in [-0.2, -0.15) is 0 Å². The van der Waals surface area contributed by atoms with Gasteiger partial charge in [0.25, 0.3) is 11.8 Å². The van der Waals surface area contributed by atoms with Crippen LogP contribution in [0, 0.1) is 6.92 Å². The van der Waals surface area contributed by atoms with Gasteiger partial charge in [0.15, 0.2) is 0 Å². The standard InChI is InChI=1S/C21H22N2O4/c1-13-8-9-16(20(25)23(17-10-11-17)14(2)21(26)27)12-18(13)22-19(24)15-6-4-3-5-7-15/h3-9,12,14,17H,10-11H2,1-2H3,(H,22,24)(H,26,27). The van der Waals surface area contributed by atoms with Gasteiger partial charge in [-0.25, -0.2) is 4.79 Å². The molecule has 6 heteroatoms.